The molecule has 0 aromatic heterocycles. The van der Waals surface area contributed by atoms with E-state index in [9.17, 15) is 39.6 Å². The van der Waals surface area contributed by atoms with Gasteiger partial charge in [-0.05, 0) is 55.9 Å². The number of Topliss-reactive ketones (excluding diaryl/α,β-unsaturated/α-hetero) is 2. The fourth-order valence-electron chi connectivity index (χ4n) is 7.40. The van der Waals surface area contributed by atoms with Crippen LogP contribution < -0.4 is 21.3 Å². The number of carbonyl (C=O) groups is 4. The fraction of sp³-hybridized carbons (Fsp3) is 0.294. The summed E-state index contributed by atoms with van der Waals surface area (Å²) in [6, 6.07) is 12.6. The smallest absolute Gasteiger partial charge is 0.323 e. The first-order valence-electron chi connectivity index (χ1n) is 14.9. The van der Waals surface area contributed by atoms with Crippen molar-refractivity contribution in [3.63, 3.8) is 0 Å². The third kappa shape index (κ3) is 4.69. The number of aliphatic hydroxyl groups is 3. The van der Waals surface area contributed by atoms with Gasteiger partial charge in [0.15, 0.2) is 17.1 Å². The Kier molecular flexibility index (Phi) is 7.48. The van der Waals surface area contributed by atoms with Gasteiger partial charge in [0, 0.05) is 36.7 Å². The van der Waals surface area contributed by atoms with Gasteiger partial charge in [-0.3, -0.25) is 19.3 Å². The van der Waals surface area contributed by atoms with Gasteiger partial charge in [0.25, 0.3) is 5.91 Å². The van der Waals surface area contributed by atoms with Crippen molar-refractivity contribution in [1.82, 2.24) is 4.90 Å². The average molecular weight is 642 g/mol. The highest BCUT2D eigenvalue weighted by Gasteiger charge is 2.64. The number of primary amides is 1. The predicted molar refractivity (Wildman–Crippen MR) is 175 cm³/mol. The summed E-state index contributed by atoms with van der Waals surface area (Å²) >= 11 is 0. The summed E-state index contributed by atoms with van der Waals surface area (Å²) in [5.41, 5.74) is 2.81. The molecule has 6 rings (SSSR count). The zero-order valence-corrected chi connectivity index (χ0v) is 26.2. The molecule has 3 amide bonds. The van der Waals surface area contributed by atoms with Gasteiger partial charge in [0.05, 0.1) is 23.0 Å². The number of ketones is 2. The summed E-state index contributed by atoms with van der Waals surface area (Å²) in [7, 11) is 6.56. The molecule has 0 heterocycles. The van der Waals surface area contributed by atoms with Gasteiger partial charge >= 0.3 is 6.03 Å². The SMILES string of the molecule is CN(C)c1cc(NC(=O)Nc2cccc3ccccc23)c(O)c2c1C[C@@H]1C[C@@H]3[C@@H](N(C)C)C(=O)C(C(N)=O)=C(O)[C@]3(O)C(=O)C1=C2O. The molecule has 13 nitrogen and oxygen atoms in total. The molecule has 13 heteroatoms. The van der Waals surface area contributed by atoms with Crippen LogP contribution in [0.2, 0.25) is 0 Å². The maximum atomic E-state index is 14.2. The number of nitrogens with one attached hydrogen (secondary N) is 2. The number of nitrogens with zero attached hydrogens (tertiary/aromatic N) is 2. The molecular formula is C34H35N5O8. The quantitative estimate of drug-likeness (QED) is 0.160. The number of phenols is 1. The highest BCUT2D eigenvalue weighted by molar-refractivity contribution is 6.24. The normalized spacial score (nSPS) is 23.7. The Bertz CT molecular complexity index is 1960. The highest BCUT2D eigenvalue weighted by atomic mass is 16.3. The van der Waals surface area contributed by atoms with Gasteiger partial charge < -0.3 is 41.7 Å². The Labute approximate surface area is 269 Å². The number of rotatable bonds is 5. The third-order valence-corrected chi connectivity index (χ3v) is 9.47. The van der Waals surface area contributed by atoms with Crippen LogP contribution in [0.5, 0.6) is 5.75 Å². The zero-order chi connectivity index (χ0) is 34.1. The molecule has 1 saturated carbocycles. The second kappa shape index (κ2) is 11.1. The van der Waals surface area contributed by atoms with Crippen LogP contribution >= 0.6 is 0 Å². The molecule has 244 valence electrons. The number of anilines is 3. The van der Waals surface area contributed by atoms with Gasteiger partial charge in [0.1, 0.15) is 17.1 Å². The summed E-state index contributed by atoms with van der Waals surface area (Å²) < 4.78 is 0. The van der Waals surface area contributed by atoms with E-state index < -0.39 is 69.8 Å². The van der Waals surface area contributed by atoms with Crippen molar-refractivity contribution >= 4 is 57.1 Å². The summed E-state index contributed by atoms with van der Waals surface area (Å²) in [4.78, 5) is 56.1. The molecule has 0 bridgehead atoms. The Balaban J connectivity index is 1.45. The molecule has 3 aromatic carbocycles. The van der Waals surface area contributed by atoms with Crippen molar-refractivity contribution in [3.8, 4) is 5.75 Å². The first kappa shape index (κ1) is 31.6. The Morgan fingerprint density at radius 3 is 2.28 bits per heavy atom. The van der Waals surface area contributed by atoms with Gasteiger partial charge in [-0.1, -0.05) is 36.4 Å². The molecule has 3 aliphatic carbocycles. The zero-order valence-electron chi connectivity index (χ0n) is 26.2. The summed E-state index contributed by atoms with van der Waals surface area (Å²) in [5.74, 6) is -7.49. The van der Waals surface area contributed by atoms with Gasteiger partial charge in [-0.25, -0.2) is 4.79 Å². The number of phenolic OH excluding ortho intramolecular Hbond substituents is 1. The van der Waals surface area contributed by atoms with Gasteiger partial charge in [0.2, 0.25) is 5.78 Å². The Morgan fingerprint density at radius 2 is 1.62 bits per heavy atom. The van der Waals surface area contributed by atoms with Crippen molar-refractivity contribution in [3.05, 3.63) is 76.6 Å². The number of urea groups is 1. The topological polar surface area (TPSA) is 206 Å². The lowest BCUT2D eigenvalue weighted by Gasteiger charge is -2.50. The number of benzene rings is 3. The maximum absolute atomic E-state index is 14.2. The van der Waals surface area contributed by atoms with E-state index in [4.69, 9.17) is 5.73 Å². The van der Waals surface area contributed by atoms with Crippen LogP contribution in [0.4, 0.5) is 21.9 Å². The minimum absolute atomic E-state index is 0.0349. The molecule has 8 N–H and O–H groups in total. The molecule has 0 radical (unpaired) electrons. The minimum atomic E-state index is -2.75. The number of likely N-dealkylation sites (N-methyl/N-ethyl adjacent to an activating group) is 1. The van der Waals surface area contributed by atoms with Crippen LogP contribution in [0.1, 0.15) is 17.5 Å². The highest BCUT2D eigenvalue weighted by Crippen LogP contribution is 2.54. The second-order valence-corrected chi connectivity index (χ2v) is 12.6. The molecule has 47 heavy (non-hydrogen) atoms. The molecule has 0 spiro atoms. The van der Waals surface area contributed by atoms with Crippen molar-refractivity contribution in [1.29, 1.82) is 0 Å². The van der Waals surface area contributed by atoms with E-state index in [1.165, 1.54) is 4.90 Å². The van der Waals surface area contributed by atoms with E-state index in [0.29, 0.717) is 16.9 Å². The van der Waals surface area contributed by atoms with Crippen LogP contribution in [-0.4, -0.2) is 88.7 Å². The van der Waals surface area contributed by atoms with Crippen LogP contribution in [0.15, 0.2) is 65.4 Å². The lowest BCUT2D eigenvalue weighted by molar-refractivity contribution is -0.153. The molecule has 4 atom stereocenters. The molecular weight excluding hydrogens is 606 g/mol. The second-order valence-electron chi connectivity index (χ2n) is 12.6. The first-order valence-corrected chi connectivity index (χ1v) is 14.9. The molecule has 0 aliphatic heterocycles. The molecule has 3 aliphatic rings. The number of aromatic hydroxyl groups is 1. The Morgan fingerprint density at radius 1 is 0.957 bits per heavy atom. The monoisotopic (exact) mass is 641 g/mol. The number of aliphatic hydroxyl groups excluding tert-OH is 2. The number of hydrogen-bond acceptors (Lipinski definition) is 10. The first-order chi connectivity index (χ1) is 22.2. The van der Waals surface area contributed by atoms with E-state index in [1.54, 1.807) is 51.3 Å². The van der Waals surface area contributed by atoms with Crippen molar-refractivity contribution in [2.45, 2.75) is 24.5 Å². The minimum Gasteiger partial charge on any atom is -0.508 e. The summed E-state index contributed by atoms with van der Waals surface area (Å²) in [6.07, 6.45) is 0.0743. The van der Waals surface area contributed by atoms with E-state index in [-0.39, 0.29) is 29.7 Å². The average Bonchev–Trinajstić information content (AvgIpc) is 3.00. The van der Waals surface area contributed by atoms with E-state index >= 15 is 0 Å². The summed E-state index contributed by atoms with van der Waals surface area (Å²) in [5, 5.41) is 53.2. The van der Waals surface area contributed by atoms with E-state index in [1.807, 2.05) is 30.3 Å². The maximum Gasteiger partial charge on any atom is 0.323 e. The van der Waals surface area contributed by atoms with Crippen LogP contribution in [0.3, 0.4) is 0 Å². The summed E-state index contributed by atoms with van der Waals surface area (Å²) in [6.45, 7) is 0. The van der Waals surface area contributed by atoms with Crippen LogP contribution in [-0.2, 0) is 20.8 Å². The molecule has 0 unspecified atom stereocenters. The number of fused-ring (bicyclic) bond motifs is 4. The van der Waals surface area contributed by atoms with Gasteiger partial charge in [-0.15, -0.1) is 0 Å². The number of nitrogens with two attached hydrogens (primary N) is 1. The molecule has 0 saturated heterocycles. The largest absolute Gasteiger partial charge is 0.508 e. The van der Waals surface area contributed by atoms with E-state index in [0.717, 1.165) is 10.8 Å². The Hall–Kier alpha value is -5.40. The van der Waals surface area contributed by atoms with Crippen molar-refractivity contribution in [2.75, 3.05) is 43.7 Å². The number of hydrogen-bond donors (Lipinski definition) is 7. The number of carbonyl (C=O) groups excluding carboxylic acids is 4. The molecule has 3 aromatic rings. The lowest BCUT2D eigenvalue weighted by Crippen LogP contribution is -2.65. The predicted octanol–water partition coefficient (Wildman–Crippen LogP) is 2.83. The van der Waals surface area contributed by atoms with Gasteiger partial charge in [-0.2, -0.15) is 0 Å². The van der Waals surface area contributed by atoms with Crippen molar-refractivity contribution in [2.24, 2.45) is 17.6 Å². The number of amides is 3. The lowest BCUT2D eigenvalue weighted by atomic mass is 9.57. The van der Waals surface area contributed by atoms with Crippen molar-refractivity contribution < 1.29 is 39.6 Å². The fourth-order valence-corrected chi connectivity index (χ4v) is 7.40. The third-order valence-electron chi connectivity index (χ3n) is 9.47. The standard InChI is InChI=1S/C34H35N5O8/c1-38(2)22-14-21(37-33(46)36-20-11-7-9-15-8-5-6-10-17(15)20)27(40)24-18(22)12-16-13-19-26(39(3)4)29(42)25(32(35)45)31(44)34(19,47)30(43)23(16)28(24)41/h5-11,14,16,19,26,40-41,44,47H,12-13H2,1-4H3,(H2,35,45)(H2,36,37,46)/t16-,19-,26-,34-/m1/s1. The van der Waals surface area contributed by atoms with Crippen LogP contribution in [0.25, 0.3) is 16.5 Å². The molecule has 1 fully saturated rings. The van der Waals surface area contributed by atoms with Crippen LogP contribution in [0, 0.1) is 11.8 Å². The van der Waals surface area contributed by atoms with E-state index in [2.05, 4.69) is 10.6 Å².